The highest BCUT2D eigenvalue weighted by Gasteiger charge is 2.03. The van der Waals surface area contributed by atoms with Gasteiger partial charge in [-0.2, -0.15) is 12.6 Å². The molecule has 0 fully saturated rings. The van der Waals surface area contributed by atoms with Crippen LogP contribution in [0.1, 0.15) is 12.0 Å². The summed E-state index contributed by atoms with van der Waals surface area (Å²) in [5.74, 6) is 0.528. The molecule has 4 nitrogen and oxygen atoms in total. The molecule has 0 bridgehead atoms. The van der Waals surface area contributed by atoms with Crippen LogP contribution in [0, 0.1) is 0 Å². The Labute approximate surface area is 111 Å². The molecule has 0 atom stereocenters. The van der Waals surface area contributed by atoms with Crippen LogP contribution in [0.5, 0.6) is 0 Å². The monoisotopic (exact) mass is 266 g/mol. The molecule has 0 aliphatic carbocycles. The van der Waals surface area contributed by atoms with Crippen molar-refractivity contribution in [3.63, 3.8) is 0 Å². The zero-order valence-corrected chi connectivity index (χ0v) is 11.4. The van der Waals surface area contributed by atoms with Crippen molar-refractivity contribution in [2.24, 2.45) is 0 Å². The molecular weight excluding hydrogens is 248 g/mol. The quantitative estimate of drug-likeness (QED) is 0.785. The number of fused-ring (bicyclic) bond motifs is 1. The van der Waals surface area contributed by atoms with Crippen LogP contribution in [0.3, 0.4) is 0 Å². The Bertz CT molecular complexity index is 561. The number of aromatic amines is 1. The first-order chi connectivity index (χ1) is 8.69. The number of thiol groups is 1. The second kappa shape index (κ2) is 6.11. The van der Waals surface area contributed by atoms with Gasteiger partial charge in [-0.15, -0.1) is 0 Å². The van der Waals surface area contributed by atoms with E-state index in [0.717, 1.165) is 37.2 Å². The van der Waals surface area contributed by atoms with E-state index in [1.54, 1.807) is 0 Å². The van der Waals surface area contributed by atoms with Crippen LogP contribution in [0.15, 0.2) is 27.4 Å². The molecule has 0 spiro atoms. The first-order valence-corrected chi connectivity index (χ1v) is 6.73. The average molecular weight is 266 g/mol. The molecule has 0 saturated carbocycles. The van der Waals surface area contributed by atoms with E-state index in [0.29, 0.717) is 5.58 Å². The maximum Gasteiger partial charge on any atom is 0.417 e. The van der Waals surface area contributed by atoms with Gasteiger partial charge in [0.15, 0.2) is 5.58 Å². The fraction of sp³-hybridized carbons (Fsp3) is 0.462. The second-order valence-electron chi connectivity index (χ2n) is 4.48. The van der Waals surface area contributed by atoms with Crippen molar-refractivity contribution in [1.82, 2.24) is 9.88 Å². The summed E-state index contributed by atoms with van der Waals surface area (Å²) in [5.41, 5.74) is 2.60. The highest BCUT2D eigenvalue weighted by Crippen LogP contribution is 2.12. The summed E-state index contributed by atoms with van der Waals surface area (Å²) in [6, 6.07) is 5.83. The standard InChI is InChI=1S/C13H18N2O2S/c1-15(6-2-8-18)7-5-10-3-4-12-11(9-10)14-13(16)17-12/h3-4,9,18H,2,5-8H2,1H3,(H,14,16). The van der Waals surface area contributed by atoms with E-state index in [1.165, 1.54) is 5.56 Å². The van der Waals surface area contributed by atoms with Crippen LogP contribution >= 0.6 is 12.6 Å². The van der Waals surface area contributed by atoms with E-state index in [-0.39, 0.29) is 0 Å². The number of likely N-dealkylation sites (N-methyl/N-ethyl adjacent to an activating group) is 1. The largest absolute Gasteiger partial charge is 0.417 e. The molecule has 2 aromatic rings. The Hall–Kier alpha value is -1.20. The number of hydrogen-bond acceptors (Lipinski definition) is 4. The van der Waals surface area contributed by atoms with Crippen LogP contribution < -0.4 is 5.76 Å². The van der Waals surface area contributed by atoms with Crippen LogP contribution in [0.25, 0.3) is 11.1 Å². The number of aromatic nitrogens is 1. The van der Waals surface area contributed by atoms with Crippen molar-refractivity contribution < 1.29 is 4.42 Å². The molecule has 0 unspecified atom stereocenters. The Morgan fingerprint density at radius 2 is 2.22 bits per heavy atom. The number of rotatable bonds is 6. The van der Waals surface area contributed by atoms with Gasteiger partial charge in [0.05, 0.1) is 5.52 Å². The fourth-order valence-corrected chi connectivity index (χ4v) is 2.07. The lowest BCUT2D eigenvalue weighted by atomic mass is 10.1. The second-order valence-corrected chi connectivity index (χ2v) is 4.92. The predicted molar refractivity (Wildman–Crippen MR) is 76.5 cm³/mol. The van der Waals surface area contributed by atoms with E-state index in [1.807, 2.05) is 18.2 Å². The zero-order valence-electron chi connectivity index (χ0n) is 10.5. The summed E-state index contributed by atoms with van der Waals surface area (Å²) in [6.45, 7) is 2.07. The summed E-state index contributed by atoms with van der Waals surface area (Å²) >= 11 is 4.21. The third kappa shape index (κ3) is 3.40. The van der Waals surface area contributed by atoms with Gasteiger partial charge >= 0.3 is 5.76 Å². The molecule has 5 heteroatoms. The van der Waals surface area contributed by atoms with E-state index < -0.39 is 5.76 Å². The summed E-state index contributed by atoms with van der Waals surface area (Å²) in [6.07, 6.45) is 2.07. The summed E-state index contributed by atoms with van der Waals surface area (Å²) in [5, 5.41) is 0. The van der Waals surface area contributed by atoms with Crippen molar-refractivity contribution in [1.29, 1.82) is 0 Å². The molecule has 0 amide bonds. The fourth-order valence-electron chi connectivity index (χ4n) is 1.93. The van der Waals surface area contributed by atoms with Crippen molar-refractivity contribution in [2.75, 3.05) is 25.9 Å². The highest BCUT2D eigenvalue weighted by molar-refractivity contribution is 7.80. The number of nitrogens with one attached hydrogen (secondary N) is 1. The van der Waals surface area contributed by atoms with E-state index in [2.05, 4.69) is 29.6 Å². The highest BCUT2D eigenvalue weighted by atomic mass is 32.1. The van der Waals surface area contributed by atoms with Gasteiger partial charge in [-0.25, -0.2) is 4.79 Å². The van der Waals surface area contributed by atoms with Crippen molar-refractivity contribution in [3.05, 3.63) is 34.3 Å². The SMILES string of the molecule is CN(CCCS)CCc1ccc2oc(=O)[nH]c2c1. The van der Waals surface area contributed by atoms with Gasteiger partial charge in [0.2, 0.25) is 0 Å². The molecule has 0 aliphatic heterocycles. The Kier molecular flexibility index (Phi) is 4.49. The zero-order chi connectivity index (χ0) is 13.0. The minimum Gasteiger partial charge on any atom is -0.408 e. The molecule has 2 rings (SSSR count). The van der Waals surface area contributed by atoms with Crippen molar-refractivity contribution >= 4 is 23.7 Å². The van der Waals surface area contributed by atoms with Gasteiger partial charge in [0, 0.05) is 6.54 Å². The molecule has 98 valence electrons. The minimum absolute atomic E-state index is 0.395. The lowest BCUT2D eigenvalue weighted by molar-refractivity contribution is 0.340. The van der Waals surface area contributed by atoms with Crippen molar-refractivity contribution in [3.8, 4) is 0 Å². The smallest absolute Gasteiger partial charge is 0.408 e. The number of oxazole rings is 1. The minimum atomic E-state index is -0.395. The molecular formula is C13H18N2O2S. The van der Waals surface area contributed by atoms with Crippen LogP contribution in [0.2, 0.25) is 0 Å². The van der Waals surface area contributed by atoms with Crippen LogP contribution in [0.4, 0.5) is 0 Å². The third-order valence-corrected chi connectivity index (χ3v) is 3.28. The number of nitrogens with zero attached hydrogens (tertiary/aromatic N) is 1. The Morgan fingerprint density at radius 3 is 3.00 bits per heavy atom. The molecule has 0 saturated heterocycles. The Morgan fingerprint density at radius 1 is 1.39 bits per heavy atom. The van der Waals surface area contributed by atoms with E-state index in [9.17, 15) is 4.79 Å². The van der Waals surface area contributed by atoms with Gasteiger partial charge in [-0.1, -0.05) is 6.07 Å². The predicted octanol–water partition coefficient (Wildman–Crippen LogP) is 1.92. The first kappa shape index (κ1) is 13.2. The summed E-state index contributed by atoms with van der Waals surface area (Å²) < 4.78 is 4.97. The molecule has 0 radical (unpaired) electrons. The number of H-pyrrole nitrogens is 1. The maximum absolute atomic E-state index is 11.0. The van der Waals surface area contributed by atoms with E-state index in [4.69, 9.17) is 4.42 Å². The van der Waals surface area contributed by atoms with Crippen molar-refractivity contribution in [2.45, 2.75) is 12.8 Å². The third-order valence-electron chi connectivity index (χ3n) is 2.96. The van der Waals surface area contributed by atoms with E-state index >= 15 is 0 Å². The normalized spacial score (nSPS) is 11.5. The lowest BCUT2D eigenvalue weighted by Gasteiger charge is -2.15. The molecule has 18 heavy (non-hydrogen) atoms. The first-order valence-electron chi connectivity index (χ1n) is 6.10. The summed E-state index contributed by atoms with van der Waals surface area (Å²) in [4.78, 5) is 16.0. The van der Waals surface area contributed by atoms with Gasteiger partial charge in [-0.05, 0) is 49.9 Å². The molecule has 1 aromatic carbocycles. The van der Waals surface area contributed by atoms with Gasteiger partial charge < -0.3 is 9.32 Å². The van der Waals surface area contributed by atoms with Gasteiger partial charge in [0.1, 0.15) is 0 Å². The van der Waals surface area contributed by atoms with Crippen LogP contribution in [-0.2, 0) is 6.42 Å². The molecule has 1 N–H and O–H groups in total. The van der Waals surface area contributed by atoms with Gasteiger partial charge in [-0.3, -0.25) is 4.98 Å². The maximum atomic E-state index is 11.0. The number of hydrogen-bond donors (Lipinski definition) is 2. The summed E-state index contributed by atoms with van der Waals surface area (Å²) in [7, 11) is 2.11. The topological polar surface area (TPSA) is 49.2 Å². The number of benzene rings is 1. The molecule has 1 aromatic heterocycles. The lowest BCUT2D eigenvalue weighted by Crippen LogP contribution is -2.22. The van der Waals surface area contributed by atoms with Crippen LogP contribution in [-0.4, -0.2) is 35.8 Å². The Balaban J connectivity index is 1.97. The molecule has 1 heterocycles. The average Bonchev–Trinajstić information content (AvgIpc) is 2.73. The van der Waals surface area contributed by atoms with Gasteiger partial charge in [0.25, 0.3) is 0 Å². The molecule has 0 aliphatic rings.